The number of hydrogen-bond acceptors (Lipinski definition) is 5. The van der Waals surface area contributed by atoms with Gasteiger partial charge in [0.1, 0.15) is 5.82 Å². The van der Waals surface area contributed by atoms with Crippen LogP contribution in [0.1, 0.15) is 16.2 Å². The van der Waals surface area contributed by atoms with Gasteiger partial charge in [-0.1, -0.05) is 29.3 Å². The maximum atomic E-state index is 12.8. The van der Waals surface area contributed by atoms with E-state index in [4.69, 9.17) is 23.2 Å². The lowest BCUT2D eigenvalue weighted by Crippen LogP contribution is -2.49. The van der Waals surface area contributed by atoms with Gasteiger partial charge < -0.3 is 9.80 Å². The summed E-state index contributed by atoms with van der Waals surface area (Å²) >= 11 is 12.2. The second-order valence-electron chi connectivity index (χ2n) is 6.07. The summed E-state index contributed by atoms with van der Waals surface area (Å²) in [5.41, 5.74) is 1.16. The van der Waals surface area contributed by atoms with Gasteiger partial charge in [-0.3, -0.25) is 9.20 Å². The molecule has 0 aliphatic carbocycles. The van der Waals surface area contributed by atoms with Crippen LogP contribution in [-0.4, -0.2) is 56.6 Å². The fourth-order valence-corrected chi connectivity index (χ4v) is 3.49. The van der Waals surface area contributed by atoms with E-state index in [9.17, 15) is 4.79 Å². The van der Waals surface area contributed by atoms with Crippen molar-refractivity contribution in [2.24, 2.45) is 0 Å². The molecular formula is C17H16Cl2N6O. The number of hydrogen-bond donors (Lipinski definition) is 0. The number of benzene rings is 1. The van der Waals surface area contributed by atoms with Gasteiger partial charge in [0.15, 0.2) is 5.82 Å². The molecule has 1 aromatic carbocycles. The molecule has 0 spiro atoms. The number of halogens is 2. The quantitative estimate of drug-likeness (QED) is 0.672. The van der Waals surface area contributed by atoms with Crippen LogP contribution in [0.15, 0.2) is 30.6 Å². The molecular weight excluding hydrogens is 375 g/mol. The molecule has 0 N–H and O–H groups in total. The maximum Gasteiger partial charge on any atom is 0.255 e. The van der Waals surface area contributed by atoms with Crippen LogP contribution in [0.2, 0.25) is 10.0 Å². The largest absolute Gasteiger partial charge is 0.350 e. The third-order valence-corrected chi connectivity index (χ3v) is 5.35. The molecule has 0 radical (unpaired) electrons. The number of piperazine rings is 1. The Morgan fingerprint density at radius 3 is 2.65 bits per heavy atom. The maximum absolute atomic E-state index is 12.8. The first kappa shape index (κ1) is 17.1. The minimum Gasteiger partial charge on any atom is -0.350 e. The van der Waals surface area contributed by atoms with Gasteiger partial charge in [0.05, 0.1) is 15.6 Å². The Kier molecular flexibility index (Phi) is 4.42. The van der Waals surface area contributed by atoms with Gasteiger partial charge in [0, 0.05) is 38.6 Å². The zero-order valence-electron chi connectivity index (χ0n) is 14.1. The van der Waals surface area contributed by atoms with Crippen LogP contribution in [0.5, 0.6) is 0 Å². The van der Waals surface area contributed by atoms with Gasteiger partial charge in [-0.25, -0.2) is 4.98 Å². The number of nitrogens with zero attached hydrogens (tertiary/aromatic N) is 6. The highest BCUT2D eigenvalue weighted by Gasteiger charge is 2.26. The average molecular weight is 391 g/mol. The van der Waals surface area contributed by atoms with Crippen molar-refractivity contribution in [3.63, 3.8) is 0 Å². The summed E-state index contributed by atoms with van der Waals surface area (Å²) < 4.78 is 1.91. The molecule has 4 rings (SSSR count). The second kappa shape index (κ2) is 6.74. The first-order valence-electron chi connectivity index (χ1n) is 8.21. The highest BCUT2D eigenvalue weighted by molar-refractivity contribution is 6.43. The molecule has 1 aliphatic heterocycles. The average Bonchev–Trinajstić information content (AvgIpc) is 3.05. The van der Waals surface area contributed by atoms with Crippen molar-refractivity contribution >= 4 is 40.6 Å². The number of fused-ring (bicyclic) bond motifs is 1. The van der Waals surface area contributed by atoms with Crippen molar-refractivity contribution < 1.29 is 4.79 Å². The molecule has 9 heteroatoms. The van der Waals surface area contributed by atoms with Crippen molar-refractivity contribution in [2.45, 2.75) is 6.92 Å². The summed E-state index contributed by atoms with van der Waals surface area (Å²) in [4.78, 5) is 21.1. The SMILES string of the molecule is Cc1nnc2c(N3CCN(C(=O)c4cccc(Cl)c4Cl)CC3)nccn12. The van der Waals surface area contributed by atoms with Crippen LogP contribution in [0, 0.1) is 6.92 Å². The van der Waals surface area contributed by atoms with Crippen LogP contribution in [0.25, 0.3) is 5.65 Å². The van der Waals surface area contributed by atoms with E-state index in [1.165, 1.54) is 0 Å². The number of amides is 1. The molecule has 1 saturated heterocycles. The van der Waals surface area contributed by atoms with Gasteiger partial charge in [-0.2, -0.15) is 0 Å². The Morgan fingerprint density at radius 2 is 1.88 bits per heavy atom. The zero-order chi connectivity index (χ0) is 18.3. The summed E-state index contributed by atoms with van der Waals surface area (Å²) in [6.07, 6.45) is 3.58. The van der Waals surface area contributed by atoms with E-state index in [0.717, 1.165) is 17.3 Å². The molecule has 1 amide bonds. The number of aryl methyl sites for hydroxylation is 1. The number of carbonyl (C=O) groups excluding carboxylic acids is 1. The van der Waals surface area contributed by atoms with E-state index < -0.39 is 0 Å². The number of aromatic nitrogens is 4. The molecule has 0 saturated carbocycles. The van der Waals surface area contributed by atoms with Crippen molar-refractivity contribution in [3.8, 4) is 0 Å². The van der Waals surface area contributed by atoms with Crippen molar-refractivity contribution in [3.05, 3.63) is 52.0 Å². The highest BCUT2D eigenvalue weighted by Crippen LogP contribution is 2.27. The predicted octanol–water partition coefficient (Wildman–Crippen LogP) is 2.70. The Bertz CT molecular complexity index is 981. The predicted molar refractivity (Wildman–Crippen MR) is 100 cm³/mol. The van der Waals surface area contributed by atoms with Gasteiger partial charge in [-0.05, 0) is 19.1 Å². The van der Waals surface area contributed by atoms with E-state index in [2.05, 4.69) is 20.1 Å². The molecule has 0 bridgehead atoms. The summed E-state index contributed by atoms with van der Waals surface area (Å²) in [5.74, 6) is 1.48. The van der Waals surface area contributed by atoms with Crippen LogP contribution in [0.4, 0.5) is 5.82 Å². The van der Waals surface area contributed by atoms with E-state index in [1.54, 1.807) is 29.3 Å². The fourth-order valence-electron chi connectivity index (χ4n) is 3.11. The molecule has 3 aromatic rings. The Hall–Kier alpha value is -2.38. The zero-order valence-corrected chi connectivity index (χ0v) is 15.6. The Balaban J connectivity index is 1.52. The molecule has 7 nitrogen and oxygen atoms in total. The van der Waals surface area contributed by atoms with Gasteiger partial charge in [-0.15, -0.1) is 10.2 Å². The van der Waals surface area contributed by atoms with Gasteiger partial charge in [0.2, 0.25) is 5.65 Å². The minimum absolute atomic E-state index is 0.110. The molecule has 0 unspecified atom stereocenters. The van der Waals surface area contributed by atoms with Crippen molar-refractivity contribution in [1.82, 2.24) is 24.5 Å². The fraction of sp³-hybridized carbons (Fsp3) is 0.294. The number of anilines is 1. The van der Waals surface area contributed by atoms with Gasteiger partial charge >= 0.3 is 0 Å². The van der Waals surface area contributed by atoms with E-state index in [1.807, 2.05) is 17.5 Å². The summed E-state index contributed by atoms with van der Waals surface area (Å²) in [5, 5.41) is 9.00. The molecule has 0 atom stereocenters. The highest BCUT2D eigenvalue weighted by atomic mass is 35.5. The van der Waals surface area contributed by atoms with Crippen LogP contribution in [-0.2, 0) is 0 Å². The second-order valence-corrected chi connectivity index (χ2v) is 6.86. The van der Waals surface area contributed by atoms with E-state index in [0.29, 0.717) is 41.8 Å². The Labute approximate surface area is 160 Å². The van der Waals surface area contributed by atoms with E-state index >= 15 is 0 Å². The topological polar surface area (TPSA) is 66.6 Å². The first-order valence-corrected chi connectivity index (χ1v) is 8.96. The normalized spacial score (nSPS) is 14.9. The molecule has 1 aliphatic rings. The number of rotatable bonds is 2. The van der Waals surface area contributed by atoms with Crippen molar-refractivity contribution in [2.75, 3.05) is 31.1 Å². The van der Waals surface area contributed by atoms with Crippen LogP contribution < -0.4 is 4.90 Å². The monoisotopic (exact) mass is 390 g/mol. The summed E-state index contributed by atoms with van der Waals surface area (Å²) in [6.45, 7) is 4.34. The van der Waals surface area contributed by atoms with Crippen molar-refractivity contribution in [1.29, 1.82) is 0 Å². The molecule has 134 valence electrons. The lowest BCUT2D eigenvalue weighted by atomic mass is 10.1. The van der Waals surface area contributed by atoms with E-state index in [-0.39, 0.29) is 5.91 Å². The minimum atomic E-state index is -0.110. The summed E-state index contributed by atoms with van der Waals surface area (Å²) in [7, 11) is 0. The lowest BCUT2D eigenvalue weighted by molar-refractivity contribution is 0.0747. The summed E-state index contributed by atoms with van der Waals surface area (Å²) in [6, 6.07) is 5.10. The standard InChI is InChI=1S/C17H16Cl2N6O/c1-11-21-22-16-15(20-5-6-25(11)16)23-7-9-24(10-8-23)17(26)12-3-2-4-13(18)14(12)19/h2-6H,7-10H2,1H3. The number of carbonyl (C=O) groups is 1. The lowest BCUT2D eigenvalue weighted by Gasteiger charge is -2.35. The third-order valence-electron chi connectivity index (χ3n) is 4.53. The van der Waals surface area contributed by atoms with Crippen LogP contribution >= 0.6 is 23.2 Å². The molecule has 26 heavy (non-hydrogen) atoms. The first-order chi connectivity index (χ1) is 12.6. The smallest absolute Gasteiger partial charge is 0.255 e. The Morgan fingerprint density at radius 1 is 1.12 bits per heavy atom. The molecule has 1 fully saturated rings. The van der Waals surface area contributed by atoms with Crippen LogP contribution in [0.3, 0.4) is 0 Å². The van der Waals surface area contributed by atoms with Gasteiger partial charge in [0.25, 0.3) is 5.91 Å². The third kappa shape index (κ3) is 2.87. The molecule has 3 heterocycles. The molecule has 2 aromatic heterocycles.